The first-order valence-electron chi connectivity index (χ1n) is 9.44. The fraction of sp³-hybridized carbons (Fsp3) is 0.261. The van der Waals surface area contributed by atoms with Crippen molar-refractivity contribution in [2.24, 2.45) is 0 Å². The molecule has 3 heteroatoms. The quantitative estimate of drug-likeness (QED) is 0.703. The van der Waals surface area contributed by atoms with Gasteiger partial charge in [0.25, 0.3) is 0 Å². The SMILES string of the molecule is O=C(c1ccccc1)c1ccc2[nH]cc(C3=CCN4CCCC4C3)c2c1. The van der Waals surface area contributed by atoms with Crippen molar-refractivity contribution < 1.29 is 4.79 Å². The standard InChI is InChI=1S/C23H22N2O/c26-23(16-5-2-1-3-6-16)18-8-9-22-20(14-18)21(15-24-22)17-10-12-25-11-4-7-19(25)13-17/h1-3,5-6,8-10,14-15,19,24H,4,7,11-13H2. The number of hydrogen-bond donors (Lipinski definition) is 1. The average molecular weight is 342 g/mol. The zero-order valence-corrected chi connectivity index (χ0v) is 14.7. The Kier molecular flexibility index (Phi) is 3.75. The van der Waals surface area contributed by atoms with Gasteiger partial charge >= 0.3 is 0 Å². The van der Waals surface area contributed by atoms with Crippen LogP contribution in [-0.2, 0) is 0 Å². The third kappa shape index (κ3) is 2.60. The molecule has 1 aromatic heterocycles. The number of nitrogens with one attached hydrogen (secondary N) is 1. The Bertz CT molecular complexity index is 999. The van der Waals surface area contributed by atoms with E-state index in [1.165, 1.54) is 30.5 Å². The highest BCUT2D eigenvalue weighted by Crippen LogP contribution is 2.35. The van der Waals surface area contributed by atoms with Gasteiger partial charge in [0, 0.05) is 46.4 Å². The Morgan fingerprint density at radius 3 is 2.85 bits per heavy atom. The Morgan fingerprint density at radius 2 is 1.96 bits per heavy atom. The number of rotatable bonds is 3. The molecule has 0 bridgehead atoms. The van der Waals surface area contributed by atoms with E-state index in [0.717, 1.165) is 35.0 Å². The molecule has 1 saturated heterocycles. The van der Waals surface area contributed by atoms with Crippen LogP contribution in [0.3, 0.4) is 0 Å². The fourth-order valence-electron chi connectivity index (χ4n) is 4.43. The molecule has 0 amide bonds. The second-order valence-corrected chi connectivity index (χ2v) is 7.38. The van der Waals surface area contributed by atoms with Gasteiger partial charge in [0.1, 0.15) is 0 Å². The number of aromatic nitrogens is 1. The minimum Gasteiger partial charge on any atom is -0.361 e. The predicted molar refractivity (Wildman–Crippen MR) is 105 cm³/mol. The molecule has 2 aromatic carbocycles. The number of benzene rings is 2. The third-order valence-electron chi connectivity index (χ3n) is 5.85. The fourth-order valence-corrected chi connectivity index (χ4v) is 4.43. The Hall–Kier alpha value is -2.65. The molecule has 0 aliphatic carbocycles. The van der Waals surface area contributed by atoms with Gasteiger partial charge in [-0.25, -0.2) is 0 Å². The van der Waals surface area contributed by atoms with Crippen LogP contribution in [0, 0.1) is 0 Å². The molecular formula is C23H22N2O. The highest BCUT2D eigenvalue weighted by atomic mass is 16.1. The number of nitrogens with zero attached hydrogens (tertiary/aromatic N) is 1. The van der Waals surface area contributed by atoms with Crippen molar-refractivity contribution in [3.8, 4) is 0 Å². The van der Waals surface area contributed by atoms with Crippen molar-refractivity contribution in [3.05, 3.63) is 77.5 Å². The van der Waals surface area contributed by atoms with E-state index in [1.807, 2.05) is 42.5 Å². The minimum atomic E-state index is 0.0826. The summed E-state index contributed by atoms with van der Waals surface area (Å²) in [4.78, 5) is 18.8. The minimum absolute atomic E-state index is 0.0826. The molecule has 1 N–H and O–H groups in total. The Balaban J connectivity index is 1.53. The topological polar surface area (TPSA) is 36.1 Å². The summed E-state index contributed by atoms with van der Waals surface area (Å²) in [7, 11) is 0. The highest BCUT2D eigenvalue weighted by Gasteiger charge is 2.28. The van der Waals surface area contributed by atoms with Crippen LogP contribution in [-0.4, -0.2) is 34.8 Å². The lowest BCUT2D eigenvalue weighted by Crippen LogP contribution is -2.32. The lowest BCUT2D eigenvalue weighted by molar-refractivity contribution is 0.103. The van der Waals surface area contributed by atoms with Gasteiger partial charge in [0.05, 0.1) is 0 Å². The molecule has 3 nitrogen and oxygen atoms in total. The van der Waals surface area contributed by atoms with E-state index in [9.17, 15) is 4.79 Å². The monoisotopic (exact) mass is 342 g/mol. The predicted octanol–water partition coefficient (Wildman–Crippen LogP) is 4.65. The van der Waals surface area contributed by atoms with E-state index in [0.29, 0.717) is 6.04 Å². The van der Waals surface area contributed by atoms with Gasteiger partial charge in [-0.2, -0.15) is 0 Å². The molecule has 5 rings (SSSR count). The van der Waals surface area contributed by atoms with Crippen LogP contribution in [0.4, 0.5) is 0 Å². The maximum atomic E-state index is 12.8. The van der Waals surface area contributed by atoms with Crippen molar-refractivity contribution in [3.63, 3.8) is 0 Å². The summed E-state index contributed by atoms with van der Waals surface area (Å²) >= 11 is 0. The van der Waals surface area contributed by atoms with Crippen molar-refractivity contribution >= 4 is 22.3 Å². The normalized spacial score (nSPS) is 20.2. The first-order chi connectivity index (χ1) is 12.8. The van der Waals surface area contributed by atoms with Gasteiger partial charge in [-0.3, -0.25) is 9.69 Å². The van der Waals surface area contributed by atoms with Gasteiger partial charge in [-0.05, 0) is 49.6 Å². The number of carbonyl (C=O) groups is 1. The summed E-state index contributed by atoms with van der Waals surface area (Å²) in [6.45, 7) is 2.29. The highest BCUT2D eigenvalue weighted by molar-refractivity contribution is 6.11. The van der Waals surface area contributed by atoms with E-state index in [1.54, 1.807) is 0 Å². The number of H-pyrrole nitrogens is 1. The molecule has 3 heterocycles. The van der Waals surface area contributed by atoms with Gasteiger partial charge in [0.15, 0.2) is 5.78 Å². The number of hydrogen-bond acceptors (Lipinski definition) is 2. The van der Waals surface area contributed by atoms with Crippen LogP contribution in [0.5, 0.6) is 0 Å². The van der Waals surface area contributed by atoms with Crippen LogP contribution in [0.25, 0.3) is 16.5 Å². The molecule has 130 valence electrons. The molecule has 26 heavy (non-hydrogen) atoms. The maximum Gasteiger partial charge on any atom is 0.193 e. The average Bonchev–Trinajstić information content (AvgIpc) is 3.33. The van der Waals surface area contributed by atoms with Gasteiger partial charge in [0.2, 0.25) is 0 Å². The zero-order chi connectivity index (χ0) is 17.5. The summed E-state index contributed by atoms with van der Waals surface area (Å²) in [5.74, 6) is 0.0826. The van der Waals surface area contributed by atoms with Crippen molar-refractivity contribution in [2.45, 2.75) is 25.3 Å². The summed E-state index contributed by atoms with van der Waals surface area (Å²) in [5, 5.41) is 1.16. The molecule has 1 unspecified atom stereocenters. The van der Waals surface area contributed by atoms with E-state index < -0.39 is 0 Å². The van der Waals surface area contributed by atoms with Crippen molar-refractivity contribution in [1.82, 2.24) is 9.88 Å². The molecule has 0 radical (unpaired) electrons. The van der Waals surface area contributed by atoms with Gasteiger partial charge < -0.3 is 4.98 Å². The summed E-state index contributed by atoms with van der Waals surface area (Å²) in [5.41, 5.74) is 5.27. The smallest absolute Gasteiger partial charge is 0.193 e. The lowest BCUT2D eigenvalue weighted by atomic mass is 9.93. The Labute approximate surface area is 153 Å². The number of fused-ring (bicyclic) bond motifs is 2. The molecule has 2 aliphatic heterocycles. The number of ketones is 1. The Morgan fingerprint density at radius 1 is 1.08 bits per heavy atom. The number of aromatic amines is 1. The van der Waals surface area contributed by atoms with Gasteiger partial charge in [-0.15, -0.1) is 0 Å². The lowest BCUT2D eigenvalue weighted by Gasteiger charge is -2.29. The van der Waals surface area contributed by atoms with Gasteiger partial charge in [-0.1, -0.05) is 36.4 Å². The molecule has 3 aromatic rings. The molecule has 2 aliphatic rings. The second kappa shape index (κ2) is 6.26. The van der Waals surface area contributed by atoms with Crippen LogP contribution in [0.15, 0.2) is 60.8 Å². The van der Waals surface area contributed by atoms with E-state index in [2.05, 4.69) is 28.2 Å². The third-order valence-corrected chi connectivity index (χ3v) is 5.85. The van der Waals surface area contributed by atoms with E-state index in [4.69, 9.17) is 0 Å². The van der Waals surface area contributed by atoms with Crippen molar-refractivity contribution in [2.75, 3.05) is 13.1 Å². The van der Waals surface area contributed by atoms with Crippen LogP contribution >= 0.6 is 0 Å². The summed E-state index contributed by atoms with van der Waals surface area (Å²) in [6, 6.07) is 16.2. The molecule has 0 spiro atoms. The molecular weight excluding hydrogens is 320 g/mol. The summed E-state index contributed by atoms with van der Waals surface area (Å²) < 4.78 is 0. The van der Waals surface area contributed by atoms with Crippen LogP contribution in [0.1, 0.15) is 40.7 Å². The van der Waals surface area contributed by atoms with Crippen LogP contribution in [0.2, 0.25) is 0 Å². The molecule has 1 atom stereocenters. The first kappa shape index (κ1) is 15.6. The van der Waals surface area contributed by atoms with E-state index in [-0.39, 0.29) is 5.78 Å². The second-order valence-electron chi connectivity index (χ2n) is 7.38. The number of carbonyl (C=O) groups excluding carboxylic acids is 1. The van der Waals surface area contributed by atoms with Crippen molar-refractivity contribution in [1.29, 1.82) is 0 Å². The maximum absolute atomic E-state index is 12.8. The molecule has 0 saturated carbocycles. The first-order valence-corrected chi connectivity index (χ1v) is 9.44. The largest absolute Gasteiger partial charge is 0.361 e. The van der Waals surface area contributed by atoms with Crippen LogP contribution < -0.4 is 0 Å². The summed E-state index contributed by atoms with van der Waals surface area (Å²) in [6.07, 6.45) is 8.21. The van der Waals surface area contributed by atoms with E-state index >= 15 is 0 Å². The zero-order valence-electron chi connectivity index (χ0n) is 14.7. The molecule has 1 fully saturated rings.